The smallest absolute Gasteiger partial charge is 0.263 e. The van der Waals surface area contributed by atoms with E-state index >= 15 is 0 Å². The molecule has 2 rings (SSSR count). The van der Waals surface area contributed by atoms with E-state index in [0.29, 0.717) is 20.2 Å². The number of anilines is 1. The molecule has 0 bridgehead atoms. The van der Waals surface area contributed by atoms with Crippen LogP contribution >= 0.6 is 39.1 Å². The lowest BCUT2D eigenvalue weighted by atomic mass is 10.3. The van der Waals surface area contributed by atoms with Gasteiger partial charge in [0, 0.05) is 14.5 Å². The van der Waals surface area contributed by atoms with Crippen molar-refractivity contribution in [3.63, 3.8) is 0 Å². The van der Waals surface area contributed by atoms with E-state index in [-0.39, 0.29) is 4.90 Å². The third kappa shape index (κ3) is 3.63. The van der Waals surface area contributed by atoms with Crippen LogP contribution in [0, 0.1) is 0 Å². The normalized spacial score (nSPS) is 11.3. The van der Waals surface area contributed by atoms with Crippen molar-refractivity contribution >= 4 is 54.8 Å². The minimum absolute atomic E-state index is 0.145. The number of hydrogen-bond acceptors (Lipinski definition) is 2. The highest BCUT2D eigenvalue weighted by Gasteiger charge is 2.17. The van der Waals surface area contributed by atoms with E-state index in [0.717, 1.165) is 0 Å². The van der Waals surface area contributed by atoms with E-state index in [2.05, 4.69) is 20.7 Å². The molecule has 2 aromatic carbocycles. The second-order valence-electron chi connectivity index (χ2n) is 3.69. The Hall–Kier alpha value is -0.750. The van der Waals surface area contributed by atoms with Gasteiger partial charge in [-0.05, 0) is 46.3 Å². The lowest BCUT2D eigenvalue weighted by Gasteiger charge is -2.10. The van der Waals surface area contributed by atoms with Crippen molar-refractivity contribution in [3.05, 3.63) is 57.0 Å². The van der Waals surface area contributed by atoms with Crippen LogP contribution in [0.2, 0.25) is 10.0 Å². The van der Waals surface area contributed by atoms with Gasteiger partial charge < -0.3 is 0 Å². The van der Waals surface area contributed by atoms with E-state index in [4.69, 9.17) is 23.2 Å². The minimum atomic E-state index is -3.69. The average molecular weight is 381 g/mol. The zero-order chi connectivity index (χ0) is 14.0. The first-order valence-corrected chi connectivity index (χ1v) is 8.15. The molecule has 0 saturated heterocycles. The second-order valence-corrected chi connectivity index (χ2v) is 7.07. The molecule has 0 unspecified atom stereocenters. The Labute approximate surface area is 129 Å². The molecule has 1 N–H and O–H groups in total. The number of benzene rings is 2. The largest absolute Gasteiger partial charge is 0.279 e. The number of sulfonamides is 1. The van der Waals surface area contributed by atoms with E-state index in [1.807, 2.05) is 0 Å². The van der Waals surface area contributed by atoms with E-state index in [9.17, 15) is 8.42 Å². The molecule has 100 valence electrons. The lowest BCUT2D eigenvalue weighted by Crippen LogP contribution is -2.13. The highest BCUT2D eigenvalue weighted by atomic mass is 79.9. The van der Waals surface area contributed by atoms with Gasteiger partial charge in [-0.3, -0.25) is 4.72 Å². The summed E-state index contributed by atoms with van der Waals surface area (Å²) < 4.78 is 27.3. The summed E-state index contributed by atoms with van der Waals surface area (Å²) >= 11 is 14.9. The molecule has 7 heteroatoms. The van der Waals surface area contributed by atoms with Crippen LogP contribution in [0.1, 0.15) is 0 Å². The maximum atomic E-state index is 12.2. The first-order valence-electron chi connectivity index (χ1n) is 5.12. The van der Waals surface area contributed by atoms with Crippen molar-refractivity contribution in [1.82, 2.24) is 0 Å². The Morgan fingerprint density at radius 3 is 2.16 bits per heavy atom. The Bertz CT molecular complexity index is 699. The molecule has 0 spiro atoms. The molecular formula is C12H8BrCl2NO2S. The fraction of sp³-hybridized carbons (Fsp3) is 0. The maximum absolute atomic E-state index is 12.2. The van der Waals surface area contributed by atoms with Gasteiger partial charge in [0.1, 0.15) is 4.90 Å². The van der Waals surface area contributed by atoms with Gasteiger partial charge in [-0.2, -0.15) is 0 Å². The maximum Gasteiger partial charge on any atom is 0.263 e. The van der Waals surface area contributed by atoms with Crippen LogP contribution in [-0.2, 0) is 10.0 Å². The average Bonchev–Trinajstić information content (AvgIpc) is 2.26. The summed E-state index contributed by atoms with van der Waals surface area (Å²) in [4.78, 5) is 0.145. The van der Waals surface area contributed by atoms with Crippen LogP contribution in [0.25, 0.3) is 0 Å². The molecule has 3 nitrogen and oxygen atoms in total. The van der Waals surface area contributed by atoms with Crippen molar-refractivity contribution < 1.29 is 8.42 Å². The molecule has 0 radical (unpaired) electrons. The number of nitrogens with one attached hydrogen (secondary N) is 1. The summed E-state index contributed by atoms with van der Waals surface area (Å²) in [6.07, 6.45) is 0. The molecule has 2 aromatic rings. The van der Waals surface area contributed by atoms with Gasteiger partial charge in [0.2, 0.25) is 0 Å². The van der Waals surface area contributed by atoms with Gasteiger partial charge >= 0.3 is 0 Å². The van der Waals surface area contributed by atoms with Crippen molar-refractivity contribution in [2.24, 2.45) is 0 Å². The van der Waals surface area contributed by atoms with Gasteiger partial charge in [-0.15, -0.1) is 0 Å². The molecule has 0 heterocycles. The molecular weight excluding hydrogens is 373 g/mol. The van der Waals surface area contributed by atoms with Crippen LogP contribution in [0.4, 0.5) is 5.69 Å². The molecule has 0 aliphatic heterocycles. The quantitative estimate of drug-likeness (QED) is 0.848. The van der Waals surface area contributed by atoms with Crippen LogP contribution in [-0.4, -0.2) is 8.42 Å². The summed E-state index contributed by atoms with van der Waals surface area (Å²) in [5.41, 5.74) is 0.313. The van der Waals surface area contributed by atoms with Crippen molar-refractivity contribution in [1.29, 1.82) is 0 Å². The summed E-state index contributed by atoms with van der Waals surface area (Å²) in [5.74, 6) is 0. The monoisotopic (exact) mass is 379 g/mol. The van der Waals surface area contributed by atoms with Gasteiger partial charge in [-0.25, -0.2) is 8.42 Å². The third-order valence-electron chi connectivity index (χ3n) is 2.24. The summed E-state index contributed by atoms with van der Waals surface area (Å²) in [7, 11) is -3.69. The zero-order valence-corrected chi connectivity index (χ0v) is 13.3. The SMILES string of the molecule is O=S(=O)(Nc1cc(Cl)cc(Cl)c1)c1ccccc1Br. The van der Waals surface area contributed by atoms with E-state index < -0.39 is 10.0 Å². The first kappa shape index (κ1) is 14.7. The predicted octanol–water partition coefficient (Wildman–Crippen LogP) is 4.56. The molecule has 0 amide bonds. The molecule has 19 heavy (non-hydrogen) atoms. The molecule has 0 saturated carbocycles. The fourth-order valence-electron chi connectivity index (χ4n) is 1.49. The Morgan fingerprint density at radius 1 is 1.00 bits per heavy atom. The van der Waals surface area contributed by atoms with Gasteiger partial charge in [0.25, 0.3) is 10.0 Å². The summed E-state index contributed by atoms with van der Waals surface area (Å²) in [6.45, 7) is 0. The van der Waals surface area contributed by atoms with Crippen LogP contribution in [0.15, 0.2) is 51.8 Å². The molecule has 0 atom stereocenters. The number of rotatable bonds is 3. The molecule has 0 aliphatic rings. The number of hydrogen-bond donors (Lipinski definition) is 1. The Balaban J connectivity index is 2.39. The summed E-state index contributed by atoms with van der Waals surface area (Å²) in [6, 6.07) is 11.0. The van der Waals surface area contributed by atoms with Crippen molar-refractivity contribution in [2.45, 2.75) is 4.90 Å². The standard InChI is InChI=1S/C12H8BrCl2NO2S/c13-11-3-1-2-4-12(11)19(17,18)16-10-6-8(14)5-9(15)7-10/h1-7,16H. The van der Waals surface area contributed by atoms with E-state index in [1.165, 1.54) is 24.3 Å². The van der Waals surface area contributed by atoms with Crippen LogP contribution in [0.5, 0.6) is 0 Å². The topological polar surface area (TPSA) is 46.2 Å². The van der Waals surface area contributed by atoms with Crippen LogP contribution < -0.4 is 4.72 Å². The van der Waals surface area contributed by atoms with Crippen molar-refractivity contribution in [3.8, 4) is 0 Å². The Morgan fingerprint density at radius 2 is 1.58 bits per heavy atom. The highest BCUT2D eigenvalue weighted by Crippen LogP contribution is 2.27. The molecule has 0 aliphatic carbocycles. The van der Waals surface area contributed by atoms with E-state index in [1.54, 1.807) is 18.2 Å². The summed E-state index contributed by atoms with van der Waals surface area (Å²) in [5, 5.41) is 0.717. The second kappa shape index (κ2) is 5.71. The van der Waals surface area contributed by atoms with Gasteiger partial charge in [0.15, 0.2) is 0 Å². The molecule has 0 aromatic heterocycles. The minimum Gasteiger partial charge on any atom is -0.279 e. The van der Waals surface area contributed by atoms with Gasteiger partial charge in [-0.1, -0.05) is 35.3 Å². The predicted molar refractivity (Wildman–Crippen MR) is 81.4 cm³/mol. The first-order chi connectivity index (χ1) is 8.88. The van der Waals surface area contributed by atoms with Crippen LogP contribution in [0.3, 0.4) is 0 Å². The third-order valence-corrected chi connectivity index (χ3v) is 5.07. The van der Waals surface area contributed by atoms with Crippen molar-refractivity contribution in [2.75, 3.05) is 4.72 Å². The lowest BCUT2D eigenvalue weighted by molar-refractivity contribution is 0.601. The van der Waals surface area contributed by atoms with Gasteiger partial charge in [0.05, 0.1) is 5.69 Å². The molecule has 0 fully saturated rings. The Kier molecular flexibility index (Phi) is 4.40. The number of halogens is 3. The zero-order valence-electron chi connectivity index (χ0n) is 9.40. The highest BCUT2D eigenvalue weighted by molar-refractivity contribution is 9.10. The fourth-order valence-corrected chi connectivity index (χ4v) is 4.06.